The Morgan fingerprint density at radius 3 is 2.18 bits per heavy atom. The van der Waals surface area contributed by atoms with E-state index < -0.39 is 0 Å². The molecule has 7 nitrogen and oxygen atoms in total. The van der Waals surface area contributed by atoms with E-state index in [2.05, 4.69) is 31.0 Å². The highest BCUT2D eigenvalue weighted by Crippen LogP contribution is 2.61. The molecule has 0 spiro atoms. The molecule has 4 bridgehead atoms. The van der Waals surface area contributed by atoms with Crippen LogP contribution >= 0.6 is 0 Å². The van der Waals surface area contributed by atoms with Crippen LogP contribution in [0.3, 0.4) is 0 Å². The topological polar surface area (TPSA) is 78.7 Å². The number of nitro benzene ring substituents is 1. The quantitative estimate of drug-likeness (QED) is 0.434. The minimum Gasteiger partial charge on any atom is -0.376 e. The maximum Gasteiger partial charge on any atom is 0.292 e. The highest BCUT2D eigenvalue weighted by Gasteiger charge is 2.53. The Balaban J connectivity index is 1.30. The van der Waals surface area contributed by atoms with E-state index in [0.717, 1.165) is 36.5 Å². The van der Waals surface area contributed by atoms with Crippen molar-refractivity contribution in [3.8, 4) is 0 Å². The van der Waals surface area contributed by atoms with Crippen LogP contribution in [0.25, 0.3) is 0 Å². The van der Waals surface area contributed by atoms with Gasteiger partial charge in [-0.05, 0) is 86.7 Å². The maximum atomic E-state index is 12.4. The van der Waals surface area contributed by atoms with Crippen LogP contribution in [-0.2, 0) is 4.79 Å². The number of piperazine rings is 1. The van der Waals surface area contributed by atoms with E-state index in [1.807, 2.05) is 17.0 Å². The summed E-state index contributed by atoms with van der Waals surface area (Å²) in [6.07, 6.45) is 8.59. The molecule has 1 atom stereocenters. The number of anilines is 2. The lowest BCUT2D eigenvalue weighted by Gasteiger charge is -2.59. The van der Waals surface area contributed by atoms with Crippen molar-refractivity contribution in [3.63, 3.8) is 0 Å². The molecular formula is C27H40N4O3. The summed E-state index contributed by atoms with van der Waals surface area (Å²) in [4.78, 5) is 28.2. The van der Waals surface area contributed by atoms with Crippen LogP contribution in [0.1, 0.15) is 65.7 Å². The van der Waals surface area contributed by atoms with E-state index in [0.29, 0.717) is 31.1 Å². The molecule has 1 N–H and O–H groups in total. The third-order valence-electron chi connectivity index (χ3n) is 9.13. The number of benzene rings is 1. The van der Waals surface area contributed by atoms with Gasteiger partial charge in [0.2, 0.25) is 5.91 Å². The van der Waals surface area contributed by atoms with Gasteiger partial charge in [-0.2, -0.15) is 0 Å². The Bertz CT molecular complexity index is 903. The Morgan fingerprint density at radius 2 is 1.65 bits per heavy atom. The fraction of sp³-hybridized carbons (Fsp3) is 0.741. The van der Waals surface area contributed by atoms with Gasteiger partial charge in [0.25, 0.3) is 5.69 Å². The average Bonchev–Trinajstić information content (AvgIpc) is 2.77. The van der Waals surface area contributed by atoms with Crippen molar-refractivity contribution < 1.29 is 9.72 Å². The molecule has 1 heterocycles. The summed E-state index contributed by atoms with van der Waals surface area (Å²) in [5, 5.41) is 15.5. The largest absolute Gasteiger partial charge is 0.376 e. The third kappa shape index (κ3) is 4.50. The summed E-state index contributed by atoms with van der Waals surface area (Å²) in [6.45, 7) is 9.32. The minimum atomic E-state index is -0.263. The molecule has 1 aromatic rings. The summed E-state index contributed by atoms with van der Waals surface area (Å²) in [5.41, 5.74) is 2.08. The van der Waals surface area contributed by atoms with Gasteiger partial charge in [0.05, 0.1) is 4.92 Å². The highest BCUT2D eigenvalue weighted by atomic mass is 16.6. The van der Waals surface area contributed by atoms with Crippen molar-refractivity contribution in [2.75, 3.05) is 36.4 Å². The van der Waals surface area contributed by atoms with Crippen LogP contribution in [0.2, 0.25) is 0 Å². The number of hydrogen-bond donors (Lipinski definition) is 1. The Morgan fingerprint density at radius 1 is 1.06 bits per heavy atom. The smallest absolute Gasteiger partial charge is 0.292 e. The molecule has 0 radical (unpaired) electrons. The molecule has 1 unspecified atom stereocenters. The summed E-state index contributed by atoms with van der Waals surface area (Å²) in [7, 11) is 0. The number of rotatable bonds is 7. The van der Waals surface area contributed by atoms with Gasteiger partial charge in [-0.3, -0.25) is 14.9 Å². The van der Waals surface area contributed by atoms with Gasteiger partial charge < -0.3 is 15.1 Å². The van der Waals surface area contributed by atoms with Gasteiger partial charge >= 0.3 is 0 Å². The molecule has 34 heavy (non-hydrogen) atoms. The summed E-state index contributed by atoms with van der Waals surface area (Å²) in [6, 6.07) is 5.71. The molecule has 0 aromatic heterocycles. The molecule has 1 saturated heterocycles. The number of carbonyl (C=O) groups is 1. The van der Waals surface area contributed by atoms with Gasteiger partial charge in [-0.1, -0.05) is 13.8 Å². The fourth-order valence-corrected chi connectivity index (χ4v) is 7.78. The summed E-state index contributed by atoms with van der Waals surface area (Å²) >= 11 is 0. The monoisotopic (exact) mass is 468 g/mol. The lowest BCUT2D eigenvalue weighted by atomic mass is 9.48. The van der Waals surface area contributed by atoms with Gasteiger partial charge in [0, 0.05) is 50.4 Å². The van der Waals surface area contributed by atoms with Crippen molar-refractivity contribution >= 4 is 23.0 Å². The van der Waals surface area contributed by atoms with Gasteiger partial charge in [-0.15, -0.1) is 0 Å². The van der Waals surface area contributed by atoms with E-state index >= 15 is 0 Å². The predicted octanol–water partition coefficient (Wildman–Crippen LogP) is 5.31. The van der Waals surface area contributed by atoms with E-state index in [1.165, 1.54) is 38.5 Å². The first-order valence-electron chi connectivity index (χ1n) is 13.3. The number of nitrogens with one attached hydrogen (secondary N) is 1. The molecule has 186 valence electrons. The van der Waals surface area contributed by atoms with Crippen LogP contribution in [0.4, 0.5) is 17.1 Å². The molecule has 6 rings (SSSR count). The zero-order valence-electron chi connectivity index (χ0n) is 21.0. The van der Waals surface area contributed by atoms with Crippen molar-refractivity contribution in [1.82, 2.24) is 4.90 Å². The average molecular weight is 469 g/mol. The number of nitrogens with zero attached hydrogens (tertiary/aromatic N) is 3. The number of hydrogen-bond acceptors (Lipinski definition) is 5. The van der Waals surface area contributed by atoms with Crippen molar-refractivity contribution in [2.24, 2.45) is 29.1 Å². The molecule has 4 aliphatic carbocycles. The van der Waals surface area contributed by atoms with E-state index in [4.69, 9.17) is 0 Å². The van der Waals surface area contributed by atoms with Gasteiger partial charge in [0.1, 0.15) is 5.69 Å². The standard InChI is InChI=1S/C27H40N4O3/c1-18(2)10-26(32)30-8-6-29(7-9-30)23-4-5-25(31(33)34)24(14-23)28-19(3)27-15-20-11-21(16-27)13-22(12-20)17-27/h4-5,14,18-22,28H,6-13,15-17H2,1-3H3. The first-order chi connectivity index (χ1) is 16.2. The SMILES string of the molecule is CC(C)CC(=O)N1CCN(c2ccc([N+](=O)[O-])c(NC(C)C34CC5CC(CC(C5)C3)C4)c2)CC1. The lowest BCUT2D eigenvalue weighted by molar-refractivity contribution is -0.384. The van der Waals surface area contributed by atoms with Crippen LogP contribution in [-0.4, -0.2) is 48.0 Å². The van der Waals surface area contributed by atoms with Crippen LogP contribution < -0.4 is 10.2 Å². The molecule has 1 amide bonds. The number of carbonyl (C=O) groups excluding carboxylic acids is 1. The second-order valence-corrected chi connectivity index (χ2v) is 12.1. The van der Waals surface area contributed by atoms with Crippen molar-refractivity contribution in [2.45, 2.75) is 71.8 Å². The normalized spacial score (nSPS) is 31.1. The molecule has 7 heteroatoms. The second kappa shape index (κ2) is 9.04. The highest BCUT2D eigenvalue weighted by molar-refractivity contribution is 5.77. The lowest BCUT2D eigenvalue weighted by Crippen LogP contribution is -2.53. The number of nitro groups is 1. The van der Waals surface area contributed by atoms with Gasteiger partial charge in [-0.25, -0.2) is 0 Å². The van der Waals surface area contributed by atoms with Crippen LogP contribution in [0.15, 0.2) is 18.2 Å². The zero-order chi connectivity index (χ0) is 24.0. The van der Waals surface area contributed by atoms with Gasteiger partial charge in [0.15, 0.2) is 0 Å². The molecule has 4 saturated carbocycles. The Hall–Kier alpha value is -2.31. The first-order valence-corrected chi connectivity index (χ1v) is 13.3. The Labute approximate surface area is 203 Å². The van der Waals surface area contributed by atoms with Crippen LogP contribution in [0, 0.1) is 39.2 Å². The van der Waals surface area contributed by atoms with Crippen molar-refractivity contribution in [1.29, 1.82) is 0 Å². The van der Waals surface area contributed by atoms with Crippen LogP contribution in [0.5, 0.6) is 0 Å². The second-order valence-electron chi connectivity index (χ2n) is 12.1. The summed E-state index contributed by atoms with van der Waals surface area (Å²) < 4.78 is 0. The van der Waals surface area contributed by atoms with E-state index in [-0.39, 0.29) is 28.0 Å². The van der Waals surface area contributed by atoms with Crippen molar-refractivity contribution in [3.05, 3.63) is 28.3 Å². The fourth-order valence-electron chi connectivity index (χ4n) is 7.78. The zero-order valence-corrected chi connectivity index (χ0v) is 21.0. The first kappa shape index (κ1) is 23.4. The molecule has 5 fully saturated rings. The van der Waals surface area contributed by atoms with E-state index in [1.54, 1.807) is 6.07 Å². The third-order valence-corrected chi connectivity index (χ3v) is 9.13. The summed E-state index contributed by atoms with van der Waals surface area (Å²) in [5.74, 6) is 3.15. The minimum absolute atomic E-state index is 0.158. The molecule has 1 aromatic carbocycles. The maximum absolute atomic E-state index is 12.4. The molecule has 5 aliphatic rings. The predicted molar refractivity (Wildman–Crippen MR) is 135 cm³/mol. The molecule has 1 aliphatic heterocycles. The molecular weight excluding hydrogens is 428 g/mol. The Kier molecular flexibility index (Phi) is 6.23. The number of amides is 1. The van der Waals surface area contributed by atoms with E-state index in [9.17, 15) is 14.9 Å².